The van der Waals surface area contributed by atoms with E-state index >= 15 is 0 Å². The standard InChI is InChI=1S/C13H15N5O2/c1-8(6-10-4-3-5-20-10)14-11-7-12-16-17-13(19)18(12)9(2)15-11/h3-5,7-8,14H,6H2,1-2H3,(H,17,19). The molecule has 0 aromatic carbocycles. The van der Waals surface area contributed by atoms with Crippen molar-refractivity contribution >= 4 is 11.5 Å². The monoisotopic (exact) mass is 273 g/mol. The molecule has 0 aliphatic rings. The number of nitrogens with one attached hydrogen (secondary N) is 2. The van der Waals surface area contributed by atoms with Crippen LogP contribution in [0.3, 0.4) is 0 Å². The molecular weight excluding hydrogens is 258 g/mol. The Hall–Kier alpha value is -2.57. The Bertz CT molecular complexity index is 772. The maximum Gasteiger partial charge on any atom is 0.349 e. The molecule has 3 aromatic heterocycles. The van der Waals surface area contributed by atoms with Gasteiger partial charge in [0.15, 0.2) is 5.65 Å². The van der Waals surface area contributed by atoms with E-state index in [-0.39, 0.29) is 11.7 Å². The molecule has 3 heterocycles. The number of aromatic nitrogens is 4. The molecule has 3 aromatic rings. The second-order valence-corrected chi connectivity index (χ2v) is 4.74. The van der Waals surface area contributed by atoms with Crippen molar-refractivity contribution in [3.05, 3.63) is 46.5 Å². The molecule has 0 spiro atoms. The fraction of sp³-hybridized carbons (Fsp3) is 0.308. The summed E-state index contributed by atoms with van der Waals surface area (Å²) >= 11 is 0. The largest absolute Gasteiger partial charge is 0.469 e. The number of aromatic amines is 1. The van der Waals surface area contributed by atoms with Gasteiger partial charge in [0.2, 0.25) is 0 Å². The molecule has 7 nitrogen and oxygen atoms in total. The van der Waals surface area contributed by atoms with Crippen molar-refractivity contribution in [3.8, 4) is 0 Å². The first kappa shape index (κ1) is 12.5. The van der Waals surface area contributed by atoms with Gasteiger partial charge in [-0.3, -0.25) is 0 Å². The van der Waals surface area contributed by atoms with Crippen LogP contribution in [0, 0.1) is 6.92 Å². The maximum absolute atomic E-state index is 11.5. The Morgan fingerprint density at radius 2 is 2.40 bits per heavy atom. The van der Waals surface area contributed by atoms with Gasteiger partial charge >= 0.3 is 5.69 Å². The molecule has 0 amide bonds. The number of furan rings is 1. The molecule has 3 rings (SSSR count). The van der Waals surface area contributed by atoms with Crippen LogP contribution in [0.1, 0.15) is 18.5 Å². The summed E-state index contributed by atoms with van der Waals surface area (Å²) in [6, 6.07) is 5.70. The molecule has 0 saturated carbocycles. The van der Waals surface area contributed by atoms with Crippen LogP contribution in [0.25, 0.3) is 5.65 Å². The minimum atomic E-state index is -0.278. The zero-order chi connectivity index (χ0) is 14.1. The number of nitrogens with zero attached hydrogens (tertiary/aromatic N) is 3. The predicted molar refractivity (Wildman–Crippen MR) is 73.8 cm³/mol. The first-order valence-electron chi connectivity index (χ1n) is 6.37. The third-order valence-corrected chi connectivity index (χ3v) is 3.05. The van der Waals surface area contributed by atoms with Gasteiger partial charge in [0, 0.05) is 18.5 Å². The van der Waals surface area contributed by atoms with Crippen LogP contribution in [0.2, 0.25) is 0 Å². The summed E-state index contributed by atoms with van der Waals surface area (Å²) in [5.74, 6) is 2.20. The molecule has 0 aliphatic heterocycles. The van der Waals surface area contributed by atoms with Crippen molar-refractivity contribution in [1.29, 1.82) is 0 Å². The number of H-pyrrole nitrogens is 1. The van der Waals surface area contributed by atoms with E-state index in [2.05, 4.69) is 20.5 Å². The van der Waals surface area contributed by atoms with Crippen molar-refractivity contribution in [2.75, 3.05) is 5.32 Å². The summed E-state index contributed by atoms with van der Waals surface area (Å²) in [6.45, 7) is 3.81. The fourth-order valence-corrected chi connectivity index (χ4v) is 2.21. The number of aryl methyl sites for hydroxylation is 1. The molecular formula is C13H15N5O2. The molecule has 0 fully saturated rings. The average Bonchev–Trinajstić information content (AvgIpc) is 2.99. The van der Waals surface area contributed by atoms with Crippen LogP contribution in [-0.2, 0) is 6.42 Å². The molecule has 1 atom stereocenters. The summed E-state index contributed by atoms with van der Waals surface area (Å²) in [6.07, 6.45) is 2.42. The topological polar surface area (TPSA) is 88.2 Å². The van der Waals surface area contributed by atoms with Crippen molar-refractivity contribution in [1.82, 2.24) is 19.6 Å². The van der Waals surface area contributed by atoms with E-state index in [1.165, 1.54) is 4.40 Å². The Morgan fingerprint density at radius 3 is 3.15 bits per heavy atom. The Balaban J connectivity index is 1.82. The second-order valence-electron chi connectivity index (χ2n) is 4.74. The number of hydrogen-bond acceptors (Lipinski definition) is 5. The number of rotatable bonds is 4. The molecule has 1 unspecified atom stereocenters. The maximum atomic E-state index is 11.5. The first-order chi connectivity index (χ1) is 9.63. The molecule has 104 valence electrons. The lowest BCUT2D eigenvalue weighted by Gasteiger charge is -2.13. The lowest BCUT2D eigenvalue weighted by Crippen LogP contribution is -2.20. The van der Waals surface area contributed by atoms with Gasteiger partial charge in [-0.25, -0.2) is 19.3 Å². The zero-order valence-corrected chi connectivity index (χ0v) is 11.3. The fourth-order valence-electron chi connectivity index (χ4n) is 2.21. The third kappa shape index (κ3) is 2.29. The highest BCUT2D eigenvalue weighted by atomic mass is 16.3. The second kappa shape index (κ2) is 4.84. The zero-order valence-electron chi connectivity index (χ0n) is 11.3. The van der Waals surface area contributed by atoms with Gasteiger partial charge in [-0.15, -0.1) is 0 Å². The van der Waals surface area contributed by atoms with Crippen LogP contribution < -0.4 is 11.0 Å². The summed E-state index contributed by atoms with van der Waals surface area (Å²) in [7, 11) is 0. The van der Waals surface area contributed by atoms with Crippen molar-refractivity contribution in [2.24, 2.45) is 0 Å². The van der Waals surface area contributed by atoms with E-state index in [1.54, 1.807) is 19.3 Å². The van der Waals surface area contributed by atoms with Crippen LogP contribution in [0.5, 0.6) is 0 Å². The summed E-state index contributed by atoms with van der Waals surface area (Å²) < 4.78 is 6.75. The molecule has 0 aliphatic carbocycles. The Labute approximate surface area is 114 Å². The van der Waals surface area contributed by atoms with Crippen molar-refractivity contribution in [3.63, 3.8) is 0 Å². The SMILES string of the molecule is Cc1nc(NC(C)Cc2ccco2)cc2n[nH]c(=O)n12. The van der Waals surface area contributed by atoms with E-state index in [1.807, 2.05) is 19.1 Å². The third-order valence-electron chi connectivity index (χ3n) is 3.05. The van der Waals surface area contributed by atoms with Gasteiger partial charge in [0.1, 0.15) is 17.4 Å². The van der Waals surface area contributed by atoms with Crippen LogP contribution >= 0.6 is 0 Å². The number of hydrogen-bond donors (Lipinski definition) is 2. The van der Waals surface area contributed by atoms with Gasteiger partial charge < -0.3 is 9.73 Å². The van der Waals surface area contributed by atoms with E-state index < -0.39 is 0 Å². The lowest BCUT2D eigenvalue weighted by molar-refractivity contribution is 0.497. The van der Waals surface area contributed by atoms with Crippen molar-refractivity contribution in [2.45, 2.75) is 26.3 Å². The summed E-state index contributed by atoms with van der Waals surface area (Å²) in [5, 5.41) is 9.64. The van der Waals surface area contributed by atoms with E-state index in [0.29, 0.717) is 17.3 Å². The Kier molecular flexibility index (Phi) is 3.02. The van der Waals surface area contributed by atoms with E-state index in [9.17, 15) is 4.79 Å². The van der Waals surface area contributed by atoms with Crippen LogP contribution in [0.4, 0.5) is 5.82 Å². The van der Waals surface area contributed by atoms with Gasteiger partial charge in [0.05, 0.1) is 6.26 Å². The van der Waals surface area contributed by atoms with Gasteiger partial charge in [0.25, 0.3) is 0 Å². The van der Waals surface area contributed by atoms with Gasteiger partial charge in [-0.05, 0) is 26.0 Å². The molecule has 7 heteroatoms. The van der Waals surface area contributed by atoms with E-state index in [4.69, 9.17) is 4.42 Å². The molecule has 2 N–H and O–H groups in total. The van der Waals surface area contributed by atoms with Gasteiger partial charge in [-0.1, -0.05) is 0 Å². The average molecular weight is 273 g/mol. The van der Waals surface area contributed by atoms with Crippen LogP contribution in [0.15, 0.2) is 33.7 Å². The summed E-state index contributed by atoms with van der Waals surface area (Å²) in [4.78, 5) is 15.9. The first-order valence-corrected chi connectivity index (χ1v) is 6.37. The predicted octanol–water partition coefficient (Wildman–Crippen LogP) is 1.36. The minimum Gasteiger partial charge on any atom is -0.469 e. The smallest absolute Gasteiger partial charge is 0.349 e. The highest BCUT2D eigenvalue weighted by molar-refractivity contribution is 5.50. The number of fused-ring (bicyclic) bond motifs is 1. The molecule has 20 heavy (non-hydrogen) atoms. The van der Waals surface area contributed by atoms with Crippen LogP contribution in [-0.4, -0.2) is 25.6 Å². The molecule has 0 saturated heterocycles. The summed E-state index contributed by atoms with van der Waals surface area (Å²) in [5.41, 5.74) is 0.274. The number of anilines is 1. The highest BCUT2D eigenvalue weighted by Crippen LogP contribution is 2.12. The molecule has 0 bridgehead atoms. The van der Waals surface area contributed by atoms with E-state index in [0.717, 1.165) is 12.2 Å². The minimum absolute atomic E-state index is 0.154. The quantitative estimate of drug-likeness (QED) is 0.749. The van der Waals surface area contributed by atoms with Gasteiger partial charge in [-0.2, -0.15) is 5.10 Å². The normalized spacial score (nSPS) is 12.7. The highest BCUT2D eigenvalue weighted by Gasteiger charge is 2.10. The van der Waals surface area contributed by atoms with Crippen molar-refractivity contribution < 1.29 is 4.42 Å². The lowest BCUT2D eigenvalue weighted by atomic mass is 10.2. The Morgan fingerprint density at radius 1 is 1.55 bits per heavy atom. The molecule has 0 radical (unpaired) electrons.